The minimum absolute atomic E-state index is 0.596. The topological polar surface area (TPSA) is 93.2 Å². The predicted molar refractivity (Wildman–Crippen MR) is 91.3 cm³/mol. The van der Waals surface area contributed by atoms with Gasteiger partial charge < -0.3 is 22.1 Å². The lowest BCUT2D eigenvalue weighted by Crippen LogP contribution is -2.19. The van der Waals surface area contributed by atoms with Gasteiger partial charge in [-0.25, -0.2) is 4.79 Å². The Labute approximate surface area is 127 Å². The van der Waals surface area contributed by atoms with Crippen molar-refractivity contribution in [2.45, 2.75) is 0 Å². The molecule has 22 heavy (non-hydrogen) atoms. The molecule has 6 N–H and O–H groups in total. The molecule has 0 aliphatic carbocycles. The number of carbonyl (C=O) groups excluding carboxylic acids is 1. The summed E-state index contributed by atoms with van der Waals surface area (Å²) in [5.41, 5.74) is 14.2. The number of rotatable bonds is 3. The number of anilines is 4. The molecular formula is C17H16N4O. The van der Waals surface area contributed by atoms with Crippen molar-refractivity contribution in [2.24, 2.45) is 5.73 Å². The van der Waals surface area contributed by atoms with E-state index >= 15 is 0 Å². The Morgan fingerprint density at radius 1 is 0.909 bits per heavy atom. The second kappa shape index (κ2) is 5.65. The van der Waals surface area contributed by atoms with Crippen molar-refractivity contribution in [3.63, 3.8) is 0 Å². The van der Waals surface area contributed by atoms with Crippen LogP contribution in [0.3, 0.4) is 0 Å². The van der Waals surface area contributed by atoms with E-state index in [0.717, 1.165) is 22.1 Å². The van der Waals surface area contributed by atoms with E-state index in [1.54, 1.807) is 12.1 Å². The highest BCUT2D eigenvalue weighted by molar-refractivity contribution is 6.01. The number of primary amides is 1. The van der Waals surface area contributed by atoms with Gasteiger partial charge in [0.05, 0.1) is 11.4 Å². The van der Waals surface area contributed by atoms with Crippen molar-refractivity contribution in [1.29, 1.82) is 0 Å². The van der Waals surface area contributed by atoms with E-state index < -0.39 is 6.03 Å². The summed E-state index contributed by atoms with van der Waals surface area (Å²) in [6, 6.07) is 18.6. The van der Waals surface area contributed by atoms with Crippen LogP contribution in [0.4, 0.5) is 27.5 Å². The summed E-state index contributed by atoms with van der Waals surface area (Å²) in [5, 5.41) is 8.00. The van der Waals surface area contributed by atoms with Gasteiger partial charge in [-0.2, -0.15) is 0 Å². The first-order valence-corrected chi connectivity index (χ1v) is 6.84. The maximum atomic E-state index is 10.9. The molecule has 3 rings (SSSR count). The molecule has 0 aliphatic heterocycles. The third-order valence-electron chi connectivity index (χ3n) is 3.36. The van der Waals surface area contributed by atoms with E-state index in [-0.39, 0.29) is 0 Å². The van der Waals surface area contributed by atoms with Crippen molar-refractivity contribution >= 4 is 39.6 Å². The molecule has 0 heterocycles. The van der Waals surface area contributed by atoms with Crippen LogP contribution in [-0.2, 0) is 0 Å². The van der Waals surface area contributed by atoms with E-state index in [2.05, 4.69) is 10.6 Å². The third kappa shape index (κ3) is 2.78. The zero-order valence-electron chi connectivity index (χ0n) is 11.8. The largest absolute Gasteiger partial charge is 0.397 e. The third-order valence-corrected chi connectivity index (χ3v) is 3.36. The van der Waals surface area contributed by atoms with Gasteiger partial charge in [0.15, 0.2) is 0 Å². The first-order chi connectivity index (χ1) is 10.6. The summed E-state index contributed by atoms with van der Waals surface area (Å²) in [7, 11) is 0. The van der Waals surface area contributed by atoms with Gasteiger partial charge in [0.2, 0.25) is 0 Å². The van der Waals surface area contributed by atoms with Crippen LogP contribution >= 0.6 is 0 Å². The Balaban J connectivity index is 2.00. The molecule has 0 radical (unpaired) electrons. The molecule has 3 aromatic carbocycles. The number of nitrogens with one attached hydrogen (secondary N) is 2. The zero-order valence-corrected chi connectivity index (χ0v) is 11.8. The summed E-state index contributed by atoms with van der Waals surface area (Å²) in [6.45, 7) is 0. The lowest BCUT2D eigenvalue weighted by Gasteiger charge is -2.13. The van der Waals surface area contributed by atoms with Crippen LogP contribution in [0.2, 0.25) is 0 Å². The molecule has 5 heteroatoms. The van der Waals surface area contributed by atoms with Gasteiger partial charge in [-0.3, -0.25) is 0 Å². The average molecular weight is 292 g/mol. The summed E-state index contributed by atoms with van der Waals surface area (Å²) < 4.78 is 0. The van der Waals surface area contributed by atoms with E-state index in [1.165, 1.54) is 0 Å². The second-order valence-electron chi connectivity index (χ2n) is 4.95. The van der Waals surface area contributed by atoms with Gasteiger partial charge in [0, 0.05) is 16.8 Å². The van der Waals surface area contributed by atoms with E-state index in [1.807, 2.05) is 48.5 Å². The number of carbonyl (C=O) groups is 1. The van der Waals surface area contributed by atoms with Gasteiger partial charge >= 0.3 is 6.03 Å². The molecule has 0 aliphatic rings. The maximum Gasteiger partial charge on any atom is 0.316 e. The molecule has 0 saturated heterocycles. The second-order valence-corrected chi connectivity index (χ2v) is 4.95. The fraction of sp³-hybridized carbons (Fsp3) is 0. The molecule has 0 spiro atoms. The van der Waals surface area contributed by atoms with Gasteiger partial charge in [-0.1, -0.05) is 36.4 Å². The molecule has 0 atom stereocenters. The Hall–Kier alpha value is -3.21. The SMILES string of the molecule is NC(=O)Nc1cccc(Nc2c(N)ccc3ccccc23)c1. The smallest absolute Gasteiger partial charge is 0.316 e. The van der Waals surface area contributed by atoms with Crippen molar-refractivity contribution in [1.82, 2.24) is 0 Å². The highest BCUT2D eigenvalue weighted by atomic mass is 16.2. The fourth-order valence-electron chi connectivity index (χ4n) is 2.39. The van der Waals surface area contributed by atoms with Crippen molar-refractivity contribution in [2.75, 3.05) is 16.4 Å². The lowest BCUT2D eigenvalue weighted by molar-refractivity contribution is 0.259. The lowest BCUT2D eigenvalue weighted by atomic mass is 10.1. The van der Waals surface area contributed by atoms with Crippen molar-refractivity contribution in [3.8, 4) is 0 Å². The fourth-order valence-corrected chi connectivity index (χ4v) is 2.39. The predicted octanol–water partition coefficient (Wildman–Crippen LogP) is 3.66. The summed E-state index contributed by atoms with van der Waals surface area (Å²) >= 11 is 0. The number of nitrogens with two attached hydrogens (primary N) is 2. The maximum absolute atomic E-state index is 10.9. The normalized spacial score (nSPS) is 10.4. The molecule has 2 amide bonds. The van der Waals surface area contributed by atoms with Crippen LogP contribution in [0.5, 0.6) is 0 Å². The number of nitrogen functional groups attached to an aromatic ring is 1. The Morgan fingerprint density at radius 3 is 2.50 bits per heavy atom. The highest BCUT2D eigenvalue weighted by Gasteiger charge is 2.06. The monoisotopic (exact) mass is 292 g/mol. The first kappa shape index (κ1) is 13.8. The minimum Gasteiger partial charge on any atom is -0.397 e. The average Bonchev–Trinajstić information content (AvgIpc) is 2.50. The van der Waals surface area contributed by atoms with Crippen LogP contribution < -0.4 is 22.1 Å². The van der Waals surface area contributed by atoms with Crippen LogP contribution in [0.25, 0.3) is 10.8 Å². The quantitative estimate of drug-likeness (QED) is 0.555. The minimum atomic E-state index is -0.596. The molecule has 3 aromatic rings. The Kier molecular flexibility index (Phi) is 3.53. The molecule has 0 fully saturated rings. The van der Waals surface area contributed by atoms with Crippen LogP contribution in [0.1, 0.15) is 0 Å². The molecule has 5 nitrogen and oxygen atoms in total. The Morgan fingerprint density at radius 2 is 1.68 bits per heavy atom. The molecule has 110 valence electrons. The van der Waals surface area contributed by atoms with Crippen LogP contribution in [0.15, 0.2) is 60.7 Å². The van der Waals surface area contributed by atoms with Crippen LogP contribution in [0, 0.1) is 0 Å². The number of hydrogen-bond donors (Lipinski definition) is 4. The van der Waals surface area contributed by atoms with Gasteiger partial charge in [0.25, 0.3) is 0 Å². The van der Waals surface area contributed by atoms with Gasteiger partial charge in [-0.15, -0.1) is 0 Å². The van der Waals surface area contributed by atoms with Crippen molar-refractivity contribution < 1.29 is 4.79 Å². The Bertz CT molecular complexity index is 845. The molecule has 0 saturated carbocycles. The number of urea groups is 1. The summed E-state index contributed by atoms with van der Waals surface area (Å²) in [6.07, 6.45) is 0. The van der Waals surface area contributed by atoms with E-state index in [9.17, 15) is 4.79 Å². The standard InChI is InChI=1S/C17H16N4O/c18-15-9-8-11-4-1-2-7-14(11)16(15)20-12-5-3-6-13(10-12)21-17(19)22/h1-10,20H,18H2,(H3,19,21,22). The number of amides is 2. The van der Waals surface area contributed by atoms with Crippen LogP contribution in [-0.4, -0.2) is 6.03 Å². The molecule has 0 aromatic heterocycles. The summed E-state index contributed by atoms with van der Waals surface area (Å²) in [4.78, 5) is 10.9. The van der Waals surface area contributed by atoms with Gasteiger partial charge in [-0.05, 0) is 29.7 Å². The van der Waals surface area contributed by atoms with E-state index in [4.69, 9.17) is 11.5 Å². The molecule has 0 unspecified atom stereocenters. The molecular weight excluding hydrogens is 276 g/mol. The molecule has 0 bridgehead atoms. The number of benzene rings is 3. The van der Waals surface area contributed by atoms with E-state index in [0.29, 0.717) is 11.4 Å². The summed E-state index contributed by atoms with van der Waals surface area (Å²) in [5.74, 6) is 0. The van der Waals surface area contributed by atoms with Crippen molar-refractivity contribution in [3.05, 3.63) is 60.7 Å². The zero-order chi connectivity index (χ0) is 15.5. The number of hydrogen-bond acceptors (Lipinski definition) is 3. The number of fused-ring (bicyclic) bond motifs is 1. The highest BCUT2D eigenvalue weighted by Crippen LogP contribution is 2.32. The van der Waals surface area contributed by atoms with Gasteiger partial charge in [0.1, 0.15) is 0 Å². The first-order valence-electron chi connectivity index (χ1n) is 6.84.